The van der Waals surface area contributed by atoms with Gasteiger partial charge >= 0.3 is 0 Å². The van der Waals surface area contributed by atoms with Gasteiger partial charge in [0, 0.05) is 17.0 Å². The summed E-state index contributed by atoms with van der Waals surface area (Å²) in [7, 11) is 4.97. The van der Waals surface area contributed by atoms with Crippen molar-refractivity contribution in [2.75, 3.05) is 26.5 Å². The minimum atomic E-state index is -2.71. The van der Waals surface area contributed by atoms with Gasteiger partial charge in [0.2, 0.25) is 11.7 Å². The lowest BCUT2D eigenvalue weighted by molar-refractivity contribution is -0.148. The Labute approximate surface area is 244 Å². The summed E-state index contributed by atoms with van der Waals surface area (Å²) < 4.78 is 0. The van der Waals surface area contributed by atoms with E-state index in [9.17, 15) is 39.6 Å². The lowest BCUT2D eigenvalue weighted by atomic mass is 9.58. The summed E-state index contributed by atoms with van der Waals surface area (Å²) in [5, 5.41) is 47.9. The van der Waals surface area contributed by atoms with Crippen LogP contribution >= 0.6 is 0 Å². The van der Waals surface area contributed by atoms with E-state index in [1.54, 1.807) is 20.2 Å². The van der Waals surface area contributed by atoms with Crippen LogP contribution in [0.1, 0.15) is 56.5 Å². The Hall–Kier alpha value is -3.74. The molecule has 228 valence electrons. The number of nitrogens with zero attached hydrogens (tertiary/aromatic N) is 2. The number of fused-ring (bicyclic) bond motifs is 3. The summed E-state index contributed by atoms with van der Waals surface area (Å²) >= 11 is 0. The van der Waals surface area contributed by atoms with Crippen molar-refractivity contribution in [1.82, 2.24) is 9.80 Å². The number of hydrogen-bond acceptors (Lipinski definition) is 10. The molecule has 3 aliphatic rings. The molecule has 0 aliphatic heterocycles. The van der Waals surface area contributed by atoms with E-state index < -0.39 is 69.8 Å². The van der Waals surface area contributed by atoms with E-state index in [-0.39, 0.29) is 41.1 Å². The molecule has 42 heavy (non-hydrogen) atoms. The predicted octanol–water partition coefficient (Wildman–Crippen LogP) is 1.57. The zero-order valence-electron chi connectivity index (χ0n) is 25.0. The number of primary amides is 1. The minimum Gasteiger partial charge on any atom is -0.510 e. The number of amides is 2. The number of nitrogens with two attached hydrogens (primary N) is 1. The van der Waals surface area contributed by atoms with Crippen LogP contribution in [0.5, 0.6) is 5.75 Å². The number of aromatic hydroxyl groups is 1. The average Bonchev–Trinajstić information content (AvgIpc) is 2.87. The van der Waals surface area contributed by atoms with E-state index >= 15 is 0 Å². The predicted molar refractivity (Wildman–Crippen MR) is 154 cm³/mol. The summed E-state index contributed by atoms with van der Waals surface area (Å²) in [5.74, 6) is -7.58. The van der Waals surface area contributed by atoms with Gasteiger partial charge in [-0.15, -0.1) is 0 Å². The molecule has 0 radical (unpaired) electrons. The molecule has 1 aromatic carbocycles. The smallest absolute Gasteiger partial charge is 0.255 e. The first-order chi connectivity index (χ1) is 19.4. The molecular weight excluding hydrogens is 544 g/mol. The number of nitrogens with one attached hydrogen (secondary N) is 1. The van der Waals surface area contributed by atoms with Crippen LogP contribution in [-0.2, 0) is 20.8 Å². The van der Waals surface area contributed by atoms with Crippen molar-refractivity contribution in [3.63, 3.8) is 0 Å². The second kappa shape index (κ2) is 10.5. The van der Waals surface area contributed by atoms with Gasteiger partial charge in [0.1, 0.15) is 17.1 Å². The second-order valence-corrected chi connectivity index (χ2v) is 12.7. The van der Waals surface area contributed by atoms with Gasteiger partial charge in [-0.25, -0.2) is 0 Å². The summed E-state index contributed by atoms with van der Waals surface area (Å²) in [6.07, 6.45) is 0.661. The van der Waals surface area contributed by atoms with Crippen LogP contribution in [0.3, 0.4) is 0 Å². The zero-order chi connectivity index (χ0) is 31.6. The number of allylic oxidation sites excluding steroid dienone is 1. The first-order valence-corrected chi connectivity index (χ1v) is 13.9. The highest BCUT2D eigenvalue weighted by Gasteiger charge is 2.63. The van der Waals surface area contributed by atoms with E-state index in [1.807, 2.05) is 39.6 Å². The Morgan fingerprint density at radius 3 is 2.29 bits per heavy atom. The average molecular weight is 585 g/mol. The number of phenolic OH excluding ortho intramolecular Hbond substituents is 1. The van der Waals surface area contributed by atoms with Crippen LogP contribution in [-0.4, -0.2) is 98.0 Å². The molecule has 0 heterocycles. The monoisotopic (exact) mass is 584 g/mol. The second-order valence-electron chi connectivity index (χ2n) is 12.7. The number of ketones is 2. The normalized spacial score (nSPS) is 26.7. The molecule has 0 spiro atoms. The van der Waals surface area contributed by atoms with Gasteiger partial charge in [-0.05, 0) is 78.7 Å². The zero-order valence-corrected chi connectivity index (χ0v) is 25.0. The lowest BCUT2D eigenvalue weighted by Crippen LogP contribution is -2.63. The van der Waals surface area contributed by atoms with Crippen LogP contribution in [0.2, 0.25) is 0 Å². The SMILES string of the molecule is CCC(C(=O)Nc1ccc2c(c1O)C(=O)C1=C(O)C3(O)C(=O)C(C(N)=O)=C(O)[C@@H](N(C)C)C3CC1C2)N(C)C(C)(C)C. The number of benzene rings is 1. The van der Waals surface area contributed by atoms with Gasteiger partial charge in [0.25, 0.3) is 5.91 Å². The van der Waals surface area contributed by atoms with Crippen molar-refractivity contribution in [3.05, 3.63) is 45.9 Å². The Morgan fingerprint density at radius 2 is 1.76 bits per heavy atom. The van der Waals surface area contributed by atoms with Crippen LogP contribution in [0.25, 0.3) is 0 Å². The first-order valence-electron chi connectivity index (χ1n) is 13.9. The van der Waals surface area contributed by atoms with Gasteiger partial charge in [-0.2, -0.15) is 0 Å². The van der Waals surface area contributed by atoms with Crippen molar-refractivity contribution in [3.8, 4) is 5.75 Å². The molecule has 2 amide bonds. The molecule has 3 aliphatic carbocycles. The molecule has 0 fully saturated rings. The van der Waals surface area contributed by atoms with Gasteiger partial charge in [-0.3, -0.25) is 29.0 Å². The van der Waals surface area contributed by atoms with Crippen LogP contribution < -0.4 is 11.1 Å². The molecule has 4 rings (SSSR count). The van der Waals surface area contributed by atoms with Gasteiger partial charge in [-0.1, -0.05) is 13.0 Å². The number of Topliss-reactive ketones (excluding diaryl/α,β-unsaturated/α-hetero) is 2. The largest absolute Gasteiger partial charge is 0.510 e. The highest BCUT2D eigenvalue weighted by Crippen LogP contribution is 2.52. The van der Waals surface area contributed by atoms with Crippen molar-refractivity contribution in [2.45, 2.75) is 70.2 Å². The maximum atomic E-state index is 13.9. The molecular formula is C30H40N4O8. The Kier molecular flexibility index (Phi) is 7.81. The fourth-order valence-electron chi connectivity index (χ4n) is 6.64. The quantitative estimate of drug-likeness (QED) is 0.211. The molecule has 0 aromatic heterocycles. The number of carbonyl (C=O) groups excluding carboxylic acids is 4. The van der Waals surface area contributed by atoms with Crippen LogP contribution in [0.15, 0.2) is 34.8 Å². The molecule has 12 heteroatoms. The molecule has 4 unspecified atom stereocenters. The number of carbonyl (C=O) groups is 4. The number of hydrogen-bond donors (Lipinski definition) is 6. The first kappa shape index (κ1) is 31.2. The highest BCUT2D eigenvalue weighted by molar-refractivity contribution is 6.25. The number of anilines is 1. The van der Waals surface area contributed by atoms with Crippen LogP contribution in [0, 0.1) is 11.8 Å². The van der Waals surface area contributed by atoms with Gasteiger partial charge < -0.3 is 31.5 Å². The fraction of sp³-hybridized carbons (Fsp3) is 0.533. The highest BCUT2D eigenvalue weighted by atomic mass is 16.3. The van der Waals surface area contributed by atoms with E-state index in [4.69, 9.17) is 5.73 Å². The number of aliphatic hydroxyl groups excluding tert-OH is 2. The molecule has 0 saturated heterocycles. The van der Waals surface area contributed by atoms with Gasteiger partial charge in [0.15, 0.2) is 17.1 Å². The molecule has 12 nitrogen and oxygen atoms in total. The fourth-order valence-corrected chi connectivity index (χ4v) is 6.64. The standard InChI is InChI=1S/C30H40N4O8/c1-8-17(34(7)29(2,3)4)28(41)32-16-10-9-13-11-14-12-15-21(33(5)6)24(37)20(27(31)40)26(39)30(15,42)25(38)19(14)23(36)18(13)22(16)35/h9-10,14-15,17,21,35,37-38,42H,8,11-12H2,1-7H3,(H2,31,40)(H,32,41)/t14?,15?,17?,21-,30?/m0/s1. The summed E-state index contributed by atoms with van der Waals surface area (Å²) in [5.41, 5.74) is 1.53. The topological polar surface area (TPSA) is 194 Å². The maximum Gasteiger partial charge on any atom is 0.255 e. The van der Waals surface area contributed by atoms with E-state index in [0.717, 1.165) is 0 Å². The minimum absolute atomic E-state index is 0.00231. The van der Waals surface area contributed by atoms with Crippen molar-refractivity contribution in [2.24, 2.45) is 17.6 Å². The Balaban J connectivity index is 1.79. The lowest BCUT2D eigenvalue weighted by Gasteiger charge is -2.50. The third-order valence-electron chi connectivity index (χ3n) is 9.07. The number of rotatable bonds is 6. The van der Waals surface area contributed by atoms with E-state index in [0.29, 0.717) is 12.0 Å². The molecule has 0 bridgehead atoms. The summed E-state index contributed by atoms with van der Waals surface area (Å²) in [4.78, 5) is 56.0. The molecule has 7 N–H and O–H groups in total. The third kappa shape index (κ3) is 4.58. The Morgan fingerprint density at radius 1 is 1.14 bits per heavy atom. The van der Waals surface area contributed by atoms with Crippen molar-refractivity contribution < 1.29 is 39.6 Å². The molecule has 1 aromatic rings. The number of aliphatic hydroxyl groups is 3. The van der Waals surface area contributed by atoms with Crippen molar-refractivity contribution >= 4 is 29.1 Å². The van der Waals surface area contributed by atoms with Crippen LogP contribution in [0.4, 0.5) is 5.69 Å². The van der Waals surface area contributed by atoms with Crippen molar-refractivity contribution in [1.29, 1.82) is 0 Å². The Bertz CT molecular complexity index is 1440. The third-order valence-corrected chi connectivity index (χ3v) is 9.07. The number of phenols is 1. The molecule has 0 saturated carbocycles. The van der Waals surface area contributed by atoms with Gasteiger partial charge in [0.05, 0.1) is 23.3 Å². The maximum absolute atomic E-state index is 13.9. The molecule has 5 atom stereocenters. The number of likely N-dealkylation sites (N-methyl/N-ethyl adjacent to an activating group) is 2. The van der Waals surface area contributed by atoms with E-state index in [1.165, 1.54) is 11.0 Å². The summed E-state index contributed by atoms with van der Waals surface area (Å²) in [6, 6.07) is 1.54. The summed E-state index contributed by atoms with van der Waals surface area (Å²) in [6.45, 7) is 7.78. The van der Waals surface area contributed by atoms with E-state index in [2.05, 4.69) is 5.32 Å².